The zero-order chi connectivity index (χ0) is 39.1. The number of hydrogen-bond donors (Lipinski definition) is 0. The minimum absolute atomic E-state index is 1.10. The van der Waals surface area contributed by atoms with Crippen LogP contribution in [0.25, 0.3) is 33.4 Å². The van der Waals surface area contributed by atoms with Gasteiger partial charge in [-0.05, 0) is 106 Å². The van der Waals surface area contributed by atoms with E-state index in [4.69, 9.17) is 11.8 Å². The van der Waals surface area contributed by atoms with Crippen molar-refractivity contribution in [2.45, 2.75) is 0 Å². The Bertz CT molecular complexity index is 2710. The normalized spacial score (nSPS) is 13.9. The van der Waals surface area contributed by atoms with Crippen LogP contribution in [0.15, 0.2) is 218 Å². The van der Waals surface area contributed by atoms with Gasteiger partial charge in [0.2, 0.25) is 0 Å². The van der Waals surface area contributed by atoms with E-state index in [1.165, 1.54) is 15.9 Å². The van der Waals surface area contributed by atoms with Gasteiger partial charge < -0.3 is 14.7 Å². The van der Waals surface area contributed by atoms with E-state index >= 15 is 0 Å². The maximum Gasteiger partial charge on any atom is 0.0580 e. The number of para-hydroxylation sites is 3. The van der Waals surface area contributed by atoms with E-state index < -0.39 is 6.04 Å². The SMILES string of the molecule is S=P12c3c4cc(-c5ccccc5)cc3N(c3ccccc3)c3cc(-c5ccccc5)cc(c31)N(c1ccccc1)c1cc(-c3ccccc3)cc(c12)N4c1ccccc1. The fourth-order valence-corrected chi connectivity index (χ4v) is 14.8. The third-order valence-electron chi connectivity index (χ3n) is 12.0. The average molecular weight is 790 g/mol. The Hall–Kier alpha value is -6.97. The summed E-state index contributed by atoms with van der Waals surface area (Å²) in [4.78, 5) is 7.51. The van der Waals surface area contributed by atoms with Crippen molar-refractivity contribution in [1.82, 2.24) is 0 Å². The third-order valence-corrected chi connectivity index (χ3v) is 16.9. The van der Waals surface area contributed by atoms with Gasteiger partial charge in [-0.2, -0.15) is 0 Å². The second-order valence-corrected chi connectivity index (χ2v) is 19.5. The van der Waals surface area contributed by atoms with Crippen molar-refractivity contribution in [3.63, 3.8) is 0 Å². The molecule has 0 fully saturated rings. The fourth-order valence-electron chi connectivity index (χ4n) is 9.49. The molecule has 5 heteroatoms. The molecule has 0 bridgehead atoms. The summed E-state index contributed by atoms with van der Waals surface area (Å²) in [7, 11) is 0. The van der Waals surface area contributed by atoms with Crippen LogP contribution < -0.4 is 30.6 Å². The van der Waals surface area contributed by atoms with Crippen molar-refractivity contribution in [1.29, 1.82) is 0 Å². The minimum atomic E-state index is -2.78. The molecule has 12 rings (SSSR count). The molecule has 9 aromatic rings. The third kappa shape index (κ3) is 5.10. The first-order valence-corrected chi connectivity index (χ1v) is 22.8. The first-order chi connectivity index (χ1) is 29.2. The molecule has 59 heavy (non-hydrogen) atoms. The van der Waals surface area contributed by atoms with Crippen LogP contribution in [0.4, 0.5) is 51.2 Å². The molecular formula is C54H36N3PS. The van der Waals surface area contributed by atoms with Crippen LogP contribution in [0.1, 0.15) is 0 Å². The first kappa shape index (κ1) is 34.1. The second kappa shape index (κ2) is 13.3. The summed E-state index contributed by atoms with van der Waals surface area (Å²) in [5, 5.41) is 3.69. The lowest BCUT2D eigenvalue weighted by molar-refractivity contribution is 1.23. The number of benzene rings is 9. The highest BCUT2D eigenvalue weighted by Gasteiger charge is 2.52. The van der Waals surface area contributed by atoms with Crippen LogP contribution in [0.5, 0.6) is 0 Å². The maximum atomic E-state index is 7.61. The molecule has 0 saturated heterocycles. The molecule has 3 heterocycles. The Kier molecular flexibility index (Phi) is 7.68. The predicted octanol–water partition coefficient (Wildman–Crippen LogP) is 13.8. The molecule has 3 nitrogen and oxygen atoms in total. The molecule has 0 N–H and O–H groups in total. The highest BCUT2D eigenvalue weighted by Crippen LogP contribution is 2.68. The molecule has 0 unspecified atom stereocenters. The molecule has 9 aromatic carbocycles. The van der Waals surface area contributed by atoms with Crippen molar-refractivity contribution in [3.05, 3.63) is 218 Å². The summed E-state index contributed by atoms with van der Waals surface area (Å²) in [5.74, 6) is 0. The van der Waals surface area contributed by atoms with Gasteiger partial charge in [-0.15, -0.1) is 0 Å². The predicted molar refractivity (Wildman–Crippen MR) is 254 cm³/mol. The minimum Gasteiger partial charge on any atom is -0.309 e. The highest BCUT2D eigenvalue weighted by atomic mass is 32.4. The average Bonchev–Trinajstić information content (AvgIpc) is 3.30. The molecule has 3 aliphatic rings. The molecule has 0 spiro atoms. The Morgan fingerprint density at radius 3 is 0.678 bits per heavy atom. The highest BCUT2D eigenvalue weighted by molar-refractivity contribution is 8.26. The summed E-state index contributed by atoms with van der Waals surface area (Å²) in [5.41, 5.74) is 17.1. The van der Waals surface area contributed by atoms with E-state index in [9.17, 15) is 0 Å². The zero-order valence-corrected chi connectivity index (χ0v) is 33.7. The number of rotatable bonds is 6. The molecule has 0 atom stereocenters. The van der Waals surface area contributed by atoms with E-state index in [0.29, 0.717) is 0 Å². The quantitative estimate of drug-likeness (QED) is 0.155. The molecule has 0 amide bonds. The second-order valence-electron chi connectivity index (χ2n) is 15.3. The van der Waals surface area contributed by atoms with Gasteiger partial charge in [-0.25, -0.2) is 0 Å². The molecule has 0 aromatic heterocycles. The molecular weight excluding hydrogens is 754 g/mol. The number of hydrogen-bond acceptors (Lipinski definition) is 4. The van der Waals surface area contributed by atoms with Crippen LogP contribution in [-0.2, 0) is 11.8 Å². The van der Waals surface area contributed by atoms with Gasteiger partial charge >= 0.3 is 0 Å². The Morgan fingerprint density at radius 1 is 0.254 bits per heavy atom. The van der Waals surface area contributed by atoms with Crippen LogP contribution in [0.3, 0.4) is 0 Å². The van der Waals surface area contributed by atoms with E-state index in [0.717, 1.165) is 84.6 Å². The summed E-state index contributed by atoms with van der Waals surface area (Å²) in [6, 6.07) is 76.6. The van der Waals surface area contributed by atoms with Crippen LogP contribution >= 0.6 is 6.04 Å². The fraction of sp³-hybridized carbons (Fsp3) is 0. The lowest BCUT2D eigenvalue weighted by Gasteiger charge is -2.52. The van der Waals surface area contributed by atoms with Crippen LogP contribution in [0, 0.1) is 0 Å². The van der Waals surface area contributed by atoms with E-state index in [1.54, 1.807) is 0 Å². The van der Waals surface area contributed by atoms with E-state index in [2.05, 4.69) is 233 Å². The smallest absolute Gasteiger partial charge is 0.0580 e. The van der Waals surface area contributed by atoms with Crippen LogP contribution in [-0.4, -0.2) is 0 Å². The van der Waals surface area contributed by atoms with Gasteiger partial charge in [0.25, 0.3) is 0 Å². The van der Waals surface area contributed by atoms with Crippen molar-refractivity contribution >= 4 is 84.9 Å². The Morgan fingerprint density at radius 2 is 0.458 bits per heavy atom. The van der Waals surface area contributed by atoms with E-state index in [1.807, 2.05) is 0 Å². The Labute approximate surface area is 349 Å². The molecule has 278 valence electrons. The summed E-state index contributed by atoms with van der Waals surface area (Å²) in [6.07, 6.45) is 0. The van der Waals surface area contributed by atoms with Crippen LogP contribution in [0.2, 0.25) is 0 Å². The van der Waals surface area contributed by atoms with Crippen molar-refractivity contribution in [2.75, 3.05) is 14.7 Å². The summed E-state index contributed by atoms with van der Waals surface area (Å²) in [6.45, 7) is 0. The van der Waals surface area contributed by atoms with Gasteiger partial charge in [-0.3, -0.25) is 0 Å². The van der Waals surface area contributed by atoms with E-state index in [-0.39, 0.29) is 0 Å². The zero-order valence-electron chi connectivity index (χ0n) is 32.0. The summed E-state index contributed by atoms with van der Waals surface area (Å²) < 4.78 is 0. The van der Waals surface area contributed by atoms with Gasteiger partial charge in [0, 0.05) is 33.0 Å². The number of nitrogens with zero attached hydrogens (tertiary/aromatic N) is 3. The van der Waals surface area contributed by atoms with Crippen molar-refractivity contribution in [2.24, 2.45) is 0 Å². The van der Waals surface area contributed by atoms with Crippen molar-refractivity contribution in [3.8, 4) is 33.4 Å². The standard InChI is InChI=1S/C54H36N3PS/c59-58-52-46-31-40(37-19-7-1-8-20-37)32-47(52)56(44-27-15-5-16-28-44)49-34-42(39-23-11-3-12-24-39)36-51(54(49)58)57(45-29-17-6-18-30-45)50-35-41(38-21-9-2-10-22-38)33-48(53(50)58)55(46)43-25-13-4-14-26-43/h1-36H. The van der Waals surface area contributed by atoms with Gasteiger partial charge in [0.1, 0.15) is 0 Å². The monoisotopic (exact) mass is 789 g/mol. The molecule has 0 radical (unpaired) electrons. The lowest BCUT2D eigenvalue weighted by Crippen LogP contribution is -2.47. The van der Waals surface area contributed by atoms with Gasteiger partial charge in [-0.1, -0.05) is 157 Å². The Balaban J connectivity index is 1.30. The van der Waals surface area contributed by atoms with Gasteiger partial charge in [0.05, 0.1) is 40.2 Å². The molecule has 0 saturated carbocycles. The largest absolute Gasteiger partial charge is 0.309 e. The topological polar surface area (TPSA) is 9.72 Å². The maximum absolute atomic E-state index is 7.61. The van der Waals surface area contributed by atoms with Gasteiger partial charge in [0.15, 0.2) is 0 Å². The number of anilines is 9. The summed E-state index contributed by atoms with van der Waals surface area (Å²) >= 11 is 7.61. The molecule has 0 aliphatic carbocycles. The molecule has 3 aliphatic heterocycles. The lowest BCUT2D eigenvalue weighted by atomic mass is 9.97. The first-order valence-electron chi connectivity index (χ1n) is 20.0. The van der Waals surface area contributed by atoms with Crippen molar-refractivity contribution < 1.29 is 0 Å².